The van der Waals surface area contributed by atoms with E-state index in [-0.39, 0.29) is 92.5 Å². The molecular weight excluding hydrogens is 987 g/mol. The summed E-state index contributed by atoms with van der Waals surface area (Å²) < 4.78 is 34.8. The van der Waals surface area contributed by atoms with Crippen LogP contribution in [-0.4, -0.2) is 131 Å². The quantitative estimate of drug-likeness (QED) is 0.0249. The number of rotatable bonds is 31. The van der Waals surface area contributed by atoms with Crippen LogP contribution in [0.4, 0.5) is 4.79 Å². The van der Waals surface area contributed by atoms with Crippen molar-refractivity contribution in [1.29, 1.82) is 0 Å². The van der Waals surface area contributed by atoms with Crippen molar-refractivity contribution in [1.82, 2.24) is 25.1 Å². The molecule has 3 aliphatic rings. The molecule has 0 aliphatic carbocycles. The first kappa shape index (κ1) is 58.4. The third-order valence-corrected chi connectivity index (χ3v) is 13.3. The molecule has 0 saturated carbocycles. The minimum atomic E-state index is -2.03. The Bertz CT molecular complexity index is 2730. The van der Waals surface area contributed by atoms with Gasteiger partial charge in [0, 0.05) is 61.1 Å². The van der Waals surface area contributed by atoms with Crippen LogP contribution >= 0.6 is 0 Å². The van der Waals surface area contributed by atoms with Gasteiger partial charge in [-0.05, 0) is 95.5 Å². The van der Waals surface area contributed by atoms with E-state index in [1.165, 1.54) is 23.1 Å². The molecule has 5 heterocycles. The lowest BCUT2D eigenvalue weighted by Gasteiger charge is -2.35. The lowest BCUT2D eigenvalue weighted by atomic mass is 9.85. The monoisotopic (exact) mass is 1060 g/mol. The first-order chi connectivity index (χ1) is 36.3. The number of alkyl carbamates (subject to hydrolysis) is 1. The van der Waals surface area contributed by atoms with E-state index < -0.39 is 53.3 Å². The number of Topliss-reactive ketones (excluding diaryl/α,β-unsaturated/α-hetero) is 2. The Morgan fingerprint density at radius 2 is 1.49 bits per heavy atom. The molecular formula is C55H71N5O16. The average molecular weight is 1060 g/mol. The molecule has 0 spiro atoms. The molecule has 21 heteroatoms. The number of fused-ring (bicyclic) bond motifs is 5. The molecule has 76 heavy (non-hydrogen) atoms. The maximum Gasteiger partial charge on any atom is 0.408 e. The highest BCUT2D eigenvalue weighted by Gasteiger charge is 2.50. The summed E-state index contributed by atoms with van der Waals surface area (Å²) in [6, 6.07) is 5.37. The van der Waals surface area contributed by atoms with Crippen molar-refractivity contribution in [3.8, 4) is 17.1 Å². The molecule has 1 aromatic carbocycles. The van der Waals surface area contributed by atoms with Gasteiger partial charge in [0.1, 0.15) is 42.9 Å². The van der Waals surface area contributed by atoms with Gasteiger partial charge in [-0.15, -0.1) is 0 Å². The molecule has 3 N–H and O–H groups in total. The van der Waals surface area contributed by atoms with E-state index in [1.807, 2.05) is 6.92 Å². The zero-order chi connectivity index (χ0) is 55.0. The summed E-state index contributed by atoms with van der Waals surface area (Å²) in [5, 5.41) is 16.1. The number of benzene rings is 1. The number of cyclic esters (lactones) is 1. The van der Waals surface area contributed by atoms with Gasteiger partial charge < -0.3 is 48.7 Å². The second-order valence-electron chi connectivity index (χ2n) is 20.0. The van der Waals surface area contributed by atoms with Crippen LogP contribution in [0.15, 0.2) is 41.2 Å². The Labute approximate surface area is 441 Å². The second kappa shape index (κ2) is 27.3. The number of imide groups is 1. The number of aromatic nitrogens is 2. The molecule has 2 atom stereocenters. The maximum atomic E-state index is 14.1. The summed E-state index contributed by atoms with van der Waals surface area (Å²) >= 11 is 0. The number of pyridine rings is 2. The molecule has 6 rings (SSSR count). The van der Waals surface area contributed by atoms with E-state index in [4.69, 9.17) is 33.4 Å². The number of amides is 4. The Hall–Kier alpha value is -6.84. The van der Waals surface area contributed by atoms with Crippen LogP contribution in [0.5, 0.6) is 5.75 Å². The van der Waals surface area contributed by atoms with Gasteiger partial charge >= 0.3 is 18.0 Å². The number of unbranched alkanes of at least 4 members (excludes halogenated alkanes) is 4. The fourth-order valence-electron chi connectivity index (χ4n) is 9.40. The van der Waals surface area contributed by atoms with Gasteiger partial charge in [-0.3, -0.25) is 38.5 Å². The second-order valence-corrected chi connectivity index (χ2v) is 20.0. The highest BCUT2D eigenvalue weighted by molar-refractivity contribution is 6.12. The van der Waals surface area contributed by atoms with Gasteiger partial charge in [-0.25, -0.2) is 14.6 Å². The minimum absolute atomic E-state index is 0.0856. The van der Waals surface area contributed by atoms with Crippen LogP contribution in [0.25, 0.3) is 22.3 Å². The summed E-state index contributed by atoms with van der Waals surface area (Å²) in [5.74, 6) is -3.07. The molecule has 4 amide bonds. The maximum absolute atomic E-state index is 14.1. The molecule has 0 fully saturated rings. The summed E-state index contributed by atoms with van der Waals surface area (Å²) in [6.07, 6.45) is 7.55. The van der Waals surface area contributed by atoms with E-state index in [2.05, 4.69) is 10.6 Å². The number of aromatic hydroxyl groups is 1. The van der Waals surface area contributed by atoms with E-state index in [0.29, 0.717) is 101 Å². The zero-order valence-corrected chi connectivity index (χ0v) is 44.2. The van der Waals surface area contributed by atoms with Crippen molar-refractivity contribution >= 4 is 58.2 Å². The van der Waals surface area contributed by atoms with Crippen LogP contribution in [0.3, 0.4) is 0 Å². The van der Waals surface area contributed by atoms with Crippen LogP contribution in [0.1, 0.15) is 134 Å². The van der Waals surface area contributed by atoms with Crippen molar-refractivity contribution in [3.05, 3.63) is 69.0 Å². The normalized spacial score (nSPS) is 16.0. The minimum Gasteiger partial charge on any atom is -0.508 e. The fourth-order valence-corrected chi connectivity index (χ4v) is 9.40. The summed E-state index contributed by atoms with van der Waals surface area (Å²) in [5.41, 5.74) is 0.274. The number of nitrogens with one attached hydrogen (secondary N) is 2. The number of carbonyl (C=O) groups is 8. The smallest absolute Gasteiger partial charge is 0.408 e. The van der Waals surface area contributed by atoms with Gasteiger partial charge in [-0.2, -0.15) is 0 Å². The molecule has 0 radical (unpaired) electrons. The number of carbonyl (C=O) groups excluding carboxylic acids is 8. The number of esters is 2. The summed E-state index contributed by atoms with van der Waals surface area (Å²) in [4.78, 5) is 122. The predicted molar refractivity (Wildman–Crippen MR) is 275 cm³/mol. The lowest BCUT2D eigenvalue weighted by molar-refractivity contribution is -0.189. The molecule has 412 valence electrons. The van der Waals surface area contributed by atoms with Crippen molar-refractivity contribution < 1.29 is 71.9 Å². The standard InChI is InChI=1S/C55H71N5O16/c1-6-38-39-29-36(62)19-20-43(39)57-49-40(38)32-60-45(49)30-42-41(51(60)68)34-74-52(69)55(42,7-2)75-48(66)31-56-50(67)44(58-53(70)76-54(3,4)5)18-12-8-10-16-37(63)33-73-28-27-72-26-25-71-24-14-17-35(61)15-11-9-13-23-59-46(64)21-22-47(59)65/h19-22,29-30,44,62H,6-18,23-28,31-34H2,1-5H3,(H,56,67)(H,58,70)/t44?,55-/m0/s1. The first-order valence-corrected chi connectivity index (χ1v) is 26.2. The Morgan fingerprint density at radius 3 is 2.18 bits per heavy atom. The molecule has 0 bridgehead atoms. The molecule has 1 unspecified atom stereocenters. The largest absolute Gasteiger partial charge is 0.508 e. The SMILES string of the molecule is CCc1c2c(nc3ccc(O)cc13)-c1cc3c(c(=O)n1C2)COC(=O)[C@@]3(CC)OC(=O)CNC(=O)C(CCCCCC(=O)COCCOCCOCCCC(=O)CCCCCN1C(=O)C=CC1=O)NC(=O)OC(C)(C)C. The topological polar surface area (TPSA) is 274 Å². The van der Waals surface area contributed by atoms with Crippen molar-refractivity contribution in [2.24, 2.45) is 0 Å². The molecule has 21 nitrogen and oxygen atoms in total. The third kappa shape index (κ3) is 15.4. The Balaban J connectivity index is 0.893. The molecule has 2 aromatic heterocycles. The summed E-state index contributed by atoms with van der Waals surface area (Å²) in [6.45, 7) is 9.60. The van der Waals surface area contributed by atoms with Crippen molar-refractivity contribution in [3.63, 3.8) is 0 Å². The number of hydrogen-bond acceptors (Lipinski definition) is 17. The highest BCUT2D eigenvalue weighted by atomic mass is 16.6. The number of phenolic OH excluding ortho intramolecular Hbond substituents is 1. The van der Waals surface area contributed by atoms with Gasteiger partial charge in [0.2, 0.25) is 11.5 Å². The number of aryl methyl sites for hydroxylation is 1. The fraction of sp³-hybridized carbons (Fsp3) is 0.564. The third-order valence-electron chi connectivity index (χ3n) is 13.3. The van der Waals surface area contributed by atoms with Gasteiger partial charge in [-0.1, -0.05) is 33.1 Å². The van der Waals surface area contributed by atoms with Crippen LogP contribution < -0.4 is 16.2 Å². The van der Waals surface area contributed by atoms with Crippen LogP contribution in [-0.2, 0) is 87.2 Å². The number of ether oxygens (including phenoxy) is 6. The lowest BCUT2D eigenvalue weighted by Crippen LogP contribution is -2.51. The number of hydrogen-bond donors (Lipinski definition) is 3. The average Bonchev–Trinajstić information content (AvgIpc) is 3.99. The van der Waals surface area contributed by atoms with Gasteiger partial charge in [0.05, 0.1) is 55.4 Å². The number of nitrogens with zero attached hydrogens (tertiary/aromatic N) is 3. The number of phenols is 1. The van der Waals surface area contributed by atoms with E-state index in [0.717, 1.165) is 22.9 Å². The first-order valence-electron chi connectivity index (χ1n) is 26.2. The molecule has 3 aliphatic heterocycles. The summed E-state index contributed by atoms with van der Waals surface area (Å²) in [7, 11) is 0. The predicted octanol–water partition coefficient (Wildman–Crippen LogP) is 5.31. The zero-order valence-electron chi connectivity index (χ0n) is 44.2. The number of ketones is 2. The van der Waals surface area contributed by atoms with E-state index in [1.54, 1.807) is 50.5 Å². The van der Waals surface area contributed by atoms with Crippen molar-refractivity contribution in [2.75, 3.05) is 52.7 Å². The highest BCUT2D eigenvalue weighted by Crippen LogP contribution is 2.42. The van der Waals surface area contributed by atoms with Gasteiger partial charge in [0.25, 0.3) is 17.4 Å². The Morgan fingerprint density at radius 1 is 0.816 bits per heavy atom. The van der Waals surface area contributed by atoms with Crippen LogP contribution in [0, 0.1) is 0 Å². The van der Waals surface area contributed by atoms with Crippen LogP contribution in [0.2, 0.25) is 0 Å². The molecule has 0 saturated heterocycles. The molecule has 3 aromatic rings. The van der Waals surface area contributed by atoms with E-state index >= 15 is 0 Å². The van der Waals surface area contributed by atoms with E-state index in [9.17, 15) is 48.3 Å². The van der Waals surface area contributed by atoms with Gasteiger partial charge in [0.15, 0.2) is 5.78 Å². The van der Waals surface area contributed by atoms with Crippen molar-refractivity contribution in [2.45, 2.75) is 148 Å². The Kier molecular flexibility index (Phi) is 21.0.